The number of carbonyl (C=O) groups is 2. The summed E-state index contributed by atoms with van der Waals surface area (Å²) in [4.78, 5) is 24.4. The highest BCUT2D eigenvalue weighted by Gasteiger charge is 2.41. The van der Waals surface area contributed by atoms with Gasteiger partial charge in [0.2, 0.25) is 11.8 Å². The van der Waals surface area contributed by atoms with Crippen LogP contribution in [-0.2, 0) is 19.4 Å². The second kappa shape index (κ2) is 7.89. The van der Waals surface area contributed by atoms with Gasteiger partial charge in [0, 0.05) is 6.54 Å². The van der Waals surface area contributed by atoms with E-state index < -0.39 is 33.3 Å². The number of aliphatic hydroxyl groups excluding tert-OH is 1. The largest absolute Gasteiger partial charge is 0.395 e. The molecule has 7 nitrogen and oxygen atoms in total. The van der Waals surface area contributed by atoms with Crippen LogP contribution in [0.2, 0.25) is 0 Å². The van der Waals surface area contributed by atoms with Gasteiger partial charge in [-0.05, 0) is 34.0 Å². The van der Waals surface area contributed by atoms with Crippen molar-refractivity contribution >= 4 is 38.1 Å². The van der Waals surface area contributed by atoms with E-state index in [1.807, 2.05) is 42.5 Å². The molecular formula is C22H20N2O5S. The Kier molecular flexibility index (Phi) is 5.27. The number of rotatable bonds is 5. The number of aliphatic hydroxyl groups is 1. The third-order valence-corrected chi connectivity index (χ3v) is 7.20. The molecule has 30 heavy (non-hydrogen) atoms. The Hall–Kier alpha value is -3.23. The molecule has 1 aliphatic heterocycles. The van der Waals surface area contributed by atoms with E-state index in [4.69, 9.17) is 5.11 Å². The average Bonchev–Trinajstić information content (AvgIpc) is 2.75. The van der Waals surface area contributed by atoms with Crippen molar-refractivity contribution in [1.82, 2.24) is 5.32 Å². The van der Waals surface area contributed by atoms with Crippen LogP contribution in [-0.4, -0.2) is 43.7 Å². The van der Waals surface area contributed by atoms with E-state index in [9.17, 15) is 18.0 Å². The fourth-order valence-electron chi connectivity index (χ4n) is 3.65. The molecule has 1 aliphatic rings. The first kappa shape index (κ1) is 20.1. The summed E-state index contributed by atoms with van der Waals surface area (Å²) < 4.78 is 26.4. The van der Waals surface area contributed by atoms with Crippen LogP contribution >= 0.6 is 0 Å². The van der Waals surface area contributed by atoms with E-state index in [0.29, 0.717) is 5.56 Å². The van der Waals surface area contributed by atoms with Crippen LogP contribution in [0.1, 0.15) is 6.42 Å². The number of fused-ring (bicyclic) bond motifs is 2. The number of hydrogen-bond acceptors (Lipinski definition) is 5. The van der Waals surface area contributed by atoms with Crippen molar-refractivity contribution in [3.8, 4) is 11.1 Å². The van der Waals surface area contributed by atoms with Gasteiger partial charge in [-0.3, -0.25) is 9.59 Å². The highest BCUT2D eigenvalue weighted by molar-refractivity contribution is 7.93. The Morgan fingerprint density at radius 3 is 2.63 bits per heavy atom. The molecule has 1 heterocycles. The summed E-state index contributed by atoms with van der Waals surface area (Å²) in [6, 6.07) is 18.5. The molecule has 154 valence electrons. The molecule has 1 unspecified atom stereocenters. The van der Waals surface area contributed by atoms with Gasteiger partial charge in [0.25, 0.3) is 0 Å². The Morgan fingerprint density at radius 1 is 1.07 bits per heavy atom. The van der Waals surface area contributed by atoms with Gasteiger partial charge in [0.15, 0.2) is 15.1 Å². The molecule has 0 saturated carbocycles. The second-order valence-corrected chi connectivity index (χ2v) is 9.14. The van der Waals surface area contributed by atoms with E-state index in [1.54, 1.807) is 18.2 Å². The number of nitrogens with one attached hydrogen (secondary N) is 2. The first-order chi connectivity index (χ1) is 14.4. The molecular weight excluding hydrogens is 404 g/mol. The van der Waals surface area contributed by atoms with Gasteiger partial charge in [-0.15, -0.1) is 0 Å². The van der Waals surface area contributed by atoms with E-state index in [-0.39, 0.29) is 23.7 Å². The van der Waals surface area contributed by atoms with Crippen molar-refractivity contribution in [2.45, 2.75) is 16.6 Å². The van der Waals surface area contributed by atoms with E-state index >= 15 is 0 Å². The summed E-state index contributed by atoms with van der Waals surface area (Å²) in [6.45, 7) is -0.276. The molecule has 8 heteroatoms. The molecule has 3 aromatic rings. The first-order valence-corrected chi connectivity index (χ1v) is 11.0. The molecule has 0 radical (unpaired) electrons. The van der Waals surface area contributed by atoms with E-state index in [0.717, 1.165) is 16.3 Å². The van der Waals surface area contributed by atoms with Crippen molar-refractivity contribution in [1.29, 1.82) is 0 Å². The van der Waals surface area contributed by atoms with Gasteiger partial charge in [-0.2, -0.15) is 0 Å². The summed E-state index contributed by atoms with van der Waals surface area (Å²) in [5.74, 6) is -1.35. The topological polar surface area (TPSA) is 113 Å². The number of anilines is 1. The van der Waals surface area contributed by atoms with Gasteiger partial charge in [-0.1, -0.05) is 48.5 Å². The summed E-state index contributed by atoms with van der Waals surface area (Å²) in [7, 11) is -4.07. The smallest absolute Gasteiger partial charge is 0.243 e. The standard InChI is InChI=1S/C22H20N2O5S/c25-11-10-23-21(26)13-20-22(27)24-18-9-8-15(12-19(18)30(20,28)29)17-7-3-5-14-4-1-2-6-16(14)17/h1-9,12,20,25H,10-11,13H2,(H,23,26)(H,24,27). The van der Waals surface area contributed by atoms with Crippen LogP contribution in [0.5, 0.6) is 0 Å². The summed E-state index contributed by atoms with van der Waals surface area (Å²) in [5.41, 5.74) is 1.78. The number of benzene rings is 3. The monoisotopic (exact) mass is 424 g/mol. The Bertz CT molecular complexity index is 1250. The van der Waals surface area contributed by atoms with Crippen LogP contribution in [0.4, 0.5) is 5.69 Å². The molecule has 0 spiro atoms. The molecule has 0 aliphatic carbocycles. The molecule has 3 N–H and O–H groups in total. The lowest BCUT2D eigenvalue weighted by Crippen LogP contribution is -2.43. The molecule has 0 fully saturated rings. The summed E-state index contributed by atoms with van der Waals surface area (Å²) in [6.07, 6.45) is -0.508. The predicted octanol–water partition coefficient (Wildman–Crippen LogP) is 2.10. The lowest BCUT2D eigenvalue weighted by Gasteiger charge is -2.25. The molecule has 0 aromatic heterocycles. The van der Waals surface area contributed by atoms with Crippen LogP contribution in [0.15, 0.2) is 65.6 Å². The van der Waals surface area contributed by atoms with Gasteiger partial charge >= 0.3 is 0 Å². The fourth-order valence-corrected chi connectivity index (χ4v) is 5.39. The third-order valence-electron chi connectivity index (χ3n) is 5.12. The molecule has 1 atom stereocenters. The zero-order valence-corrected chi connectivity index (χ0v) is 16.8. The van der Waals surface area contributed by atoms with Crippen molar-refractivity contribution in [3.63, 3.8) is 0 Å². The number of carbonyl (C=O) groups excluding carboxylic acids is 2. The van der Waals surface area contributed by atoms with Gasteiger partial charge in [0.1, 0.15) is 0 Å². The van der Waals surface area contributed by atoms with Gasteiger partial charge < -0.3 is 15.7 Å². The van der Waals surface area contributed by atoms with Crippen LogP contribution < -0.4 is 10.6 Å². The number of hydrogen-bond donors (Lipinski definition) is 3. The molecule has 0 saturated heterocycles. The first-order valence-electron chi connectivity index (χ1n) is 9.46. The molecule has 4 rings (SSSR count). The maximum absolute atomic E-state index is 13.2. The Balaban J connectivity index is 1.76. The van der Waals surface area contributed by atoms with Crippen molar-refractivity contribution in [2.75, 3.05) is 18.5 Å². The zero-order valence-electron chi connectivity index (χ0n) is 16.0. The lowest BCUT2D eigenvalue weighted by atomic mass is 9.98. The highest BCUT2D eigenvalue weighted by atomic mass is 32.2. The molecule has 0 bridgehead atoms. The Labute approximate surface area is 173 Å². The van der Waals surface area contributed by atoms with Crippen molar-refractivity contribution in [2.24, 2.45) is 0 Å². The summed E-state index contributed by atoms with van der Waals surface area (Å²) in [5, 5.41) is 14.3. The lowest BCUT2D eigenvalue weighted by molar-refractivity contribution is -0.124. The fraction of sp³-hybridized carbons (Fsp3) is 0.182. The maximum atomic E-state index is 13.2. The van der Waals surface area contributed by atoms with Crippen LogP contribution in [0.3, 0.4) is 0 Å². The minimum atomic E-state index is -4.07. The minimum Gasteiger partial charge on any atom is -0.395 e. The molecule has 2 amide bonds. The normalized spacial score (nSPS) is 17.2. The Morgan fingerprint density at radius 2 is 1.83 bits per heavy atom. The number of sulfone groups is 1. The minimum absolute atomic E-state index is 0.00492. The van der Waals surface area contributed by atoms with Gasteiger partial charge in [0.05, 0.1) is 23.6 Å². The highest BCUT2D eigenvalue weighted by Crippen LogP contribution is 2.37. The maximum Gasteiger partial charge on any atom is 0.243 e. The SMILES string of the molecule is O=C(CC1C(=O)Nc2ccc(-c3cccc4ccccc34)cc2S1(=O)=O)NCCO. The molecule has 3 aromatic carbocycles. The predicted molar refractivity (Wildman–Crippen MR) is 114 cm³/mol. The van der Waals surface area contributed by atoms with E-state index in [2.05, 4.69) is 10.6 Å². The van der Waals surface area contributed by atoms with Crippen molar-refractivity contribution in [3.05, 3.63) is 60.7 Å². The zero-order chi connectivity index (χ0) is 21.3. The number of amides is 2. The van der Waals surface area contributed by atoms with Crippen LogP contribution in [0.25, 0.3) is 21.9 Å². The van der Waals surface area contributed by atoms with E-state index in [1.165, 1.54) is 0 Å². The summed E-state index contributed by atoms with van der Waals surface area (Å²) >= 11 is 0. The second-order valence-electron chi connectivity index (χ2n) is 7.04. The van der Waals surface area contributed by atoms with Gasteiger partial charge in [-0.25, -0.2) is 8.42 Å². The van der Waals surface area contributed by atoms with Crippen LogP contribution in [0, 0.1) is 0 Å². The van der Waals surface area contributed by atoms with Crippen molar-refractivity contribution < 1.29 is 23.1 Å². The average molecular weight is 424 g/mol. The quantitative estimate of drug-likeness (QED) is 0.581. The third kappa shape index (κ3) is 3.55.